The van der Waals surface area contributed by atoms with Gasteiger partial charge < -0.3 is 14.8 Å². The zero-order valence-corrected chi connectivity index (χ0v) is 24.1. The maximum Gasteiger partial charge on any atom is 0.253 e. The minimum atomic E-state index is -0.499. The summed E-state index contributed by atoms with van der Waals surface area (Å²) < 4.78 is 11.3. The number of nitrogens with one attached hydrogen (secondary N) is 1. The SMILES string of the molecule is CC(=S)C(=O)CCOCC(COCCC(=O)C(C)C)NC(=O)c1ccc(-c2ccc(C(=O)C(C)C)cc2)nc1. The molecule has 1 heterocycles. The average Bonchev–Trinajstić information content (AvgIpc) is 2.92. The van der Waals surface area contributed by atoms with Gasteiger partial charge in [0.1, 0.15) is 5.78 Å². The molecule has 1 amide bonds. The molecule has 0 spiro atoms. The molecule has 0 bridgehead atoms. The van der Waals surface area contributed by atoms with Crippen LogP contribution in [0, 0.1) is 11.8 Å². The van der Waals surface area contributed by atoms with Crippen LogP contribution in [0.25, 0.3) is 11.3 Å². The fourth-order valence-electron chi connectivity index (χ4n) is 3.49. The minimum absolute atomic E-state index is 0.0643. The Bertz CT molecular complexity index is 1140. The summed E-state index contributed by atoms with van der Waals surface area (Å²) in [4.78, 5) is 53.4. The molecule has 0 aliphatic carbocycles. The highest BCUT2D eigenvalue weighted by molar-refractivity contribution is 7.82. The third-order valence-electron chi connectivity index (χ3n) is 5.99. The van der Waals surface area contributed by atoms with Crippen LogP contribution in [0.3, 0.4) is 0 Å². The number of pyridine rings is 1. The van der Waals surface area contributed by atoms with Crippen molar-refractivity contribution < 1.29 is 28.7 Å². The number of carbonyl (C=O) groups excluding carboxylic acids is 4. The minimum Gasteiger partial charge on any atom is -0.379 e. The molecule has 1 N–H and O–H groups in total. The predicted molar refractivity (Wildman–Crippen MR) is 154 cm³/mol. The monoisotopic (exact) mass is 554 g/mol. The Hall–Kier alpha value is -3.14. The number of Topliss-reactive ketones (excluding diaryl/α,β-unsaturated/α-hetero) is 3. The lowest BCUT2D eigenvalue weighted by Gasteiger charge is -2.19. The number of ether oxygens (including phenoxy) is 2. The molecule has 1 atom stereocenters. The summed E-state index contributed by atoms with van der Waals surface area (Å²) in [5, 5.41) is 2.88. The largest absolute Gasteiger partial charge is 0.379 e. The number of carbonyl (C=O) groups is 4. The summed E-state index contributed by atoms with van der Waals surface area (Å²) in [5.74, 6) is -0.463. The molecule has 2 rings (SSSR count). The topological polar surface area (TPSA) is 112 Å². The number of ketones is 3. The first-order valence-electron chi connectivity index (χ1n) is 13.1. The van der Waals surface area contributed by atoms with Crippen molar-refractivity contribution >= 4 is 40.3 Å². The molecule has 39 heavy (non-hydrogen) atoms. The van der Waals surface area contributed by atoms with E-state index in [4.69, 9.17) is 21.7 Å². The summed E-state index contributed by atoms with van der Waals surface area (Å²) in [7, 11) is 0. The van der Waals surface area contributed by atoms with E-state index in [1.807, 2.05) is 39.8 Å². The molecule has 8 nitrogen and oxygen atoms in total. The fourth-order valence-corrected chi connectivity index (χ4v) is 3.59. The predicted octanol–water partition coefficient (Wildman–Crippen LogP) is 4.68. The van der Waals surface area contributed by atoms with Crippen LogP contribution in [0.1, 0.15) is 68.2 Å². The number of amides is 1. The second kappa shape index (κ2) is 16.1. The van der Waals surface area contributed by atoms with E-state index < -0.39 is 6.04 Å². The van der Waals surface area contributed by atoms with Crippen LogP contribution in [0.4, 0.5) is 0 Å². The summed E-state index contributed by atoms with van der Waals surface area (Å²) in [6.45, 7) is 9.66. The normalized spacial score (nSPS) is 11.9. The molecule has 2 aromatic rings. The Morgan fingerprint density at radius 3 is 1.95 bits per heavy atom. The lowest BCUT2D eigenvalue weighted by Crippen LogP contribution is -2.42. The number of hydrogen-bond acceptors (Lipinski definition) is 8. The Morgan fingerprint density at radius 2 is 1.44 bits per heavy atom. The van der Waals surface area contributed by atoms with Gasteiger partial charge in [-0.25, -0.2) is 0 Å². The van der Waals surface area contributed by atoms with Gasteiger partial charge in [0.05, 0.1) is 48.6 Å². The van der Waals surface area contributed by atoms with Gasteiger partial charge in [0.15, 0.2) is 11.6 Å². The number of hydrogen-bond donors (Lipinski definition) is 1. The van der Waals surface area contributed by atoms with Crippen molar-refractivity contribution in [2.75, 3.05) is 26.4 Å². The smallest absolute Gasteiger partial charge is 0.253 e. The highest BCUT2D eigenvalue weighted by atomic mass is 32.1. The van der Waals surface area contributed by atoms with E-state index in [9.17, 15) is 19.2 Å². The number of thiocarbonyl (C=S) groups is 1. The lowest BCUT2D eigenvalue weighted by molar-refractivity contribution is -0.123. The molecule has 0 radical (unpaired) electrons. The zero-order valence-electron chi connectivity index (χ0n) is 23.3. The third kappa shape index (κ3) is 10.9. The molecule has 0 fully saturated rings. The quantitative estimate of drug-likeness (QED) is 0.170. The van der Waals surface area contributed by atoms with Crippen molar-refractivity contribution in [3.05, 3.63) is 53.7 Å². The van der Waals surface area contributed by atoms with Crippen LogP contribution < -0.4 is 5.32 Å². The van der Waals surface area contributed by atoms with Crippen molar-refractivity contribution in [3.63, 3.8) is 0 Å². The van der Waals surface area contributed by atoms with Gasteiger partial charge in [0.2, 0.25) is 0 Å². The van der Waals surface area contributed by atoms with Crippen molar-refractivity contribution in [2.45, 2.75) is 53.5 Å². The van der Waals surface area contributed by atoms with Crippen LogP contribution in [-0.4, -0.2) is 65.6 Å². The Morgan fingerprint density at radius 1 is 0.846 bits per heavy atom. The van der Waals surface area contributed by atoms with Crippen molar-refractivity contribution in [2.24, 2.45) is 11.8 Å². The van der Waals surface area contributed by atoms with Gasteiger partial charge in [-0.3, -0.25) is 24.2 Å². The molecule has 1 unspecified atom stereocenters. The summed E-state index contributed by atoms with van der Waals surface area (Å²) in [5.41, 5.74) is 2.51. The van der Waals surface area contributed by atoms with E-state index in [0.717, 1.165) is 5.56 Å². The number of nitrogens with zero attached hydrogens (tertiary/aromatic N) is 1. The van der Waals surface area contributed by atoms with E-state index in [0.29, 0.717) is 28.1 Å². The van der Waals surface area contributed by atoms with Crippen LogP contribution in [0.15, 0.2) is 42.6 Å². The van der Waals surface area contributed by atoms with Gasteiger partial charge >= 0.3 is 0 Å². The molecule has 0 saturated carbocycles. The summed E-state index contributed by atoms with van der Waals surface area (Å²) in [6.07, 6.45) is 1.94. The van der Waals surface area contributed by atoms with E-state index in [1.54, 1.807) is 31.2 Å². The van der Waals surface area contributed by atoms with E-state index in [1.165, 1.54) is 6.20 Å². The van der Waals surface area contributed by atoms with Gasteiger partial charge in [-0.2, -0.15) is 0 Å². The number of aromatic nitrogens is 1. The van der Waals surface area contributed by atoms with Crippen LogP contribution >= 0.6 is 12.2 Å². The molecule has 1 aromatic carbocycles. The molecule has 9 heteroatoms. The highest BCUT2D eigenvalue weighted by Crippen LogP contribution is 2.19. The fraction of sp³-hybridized carbons (Fsp3) is 0.467. The Balaban J connectivity index is 1.99. The van der Waals surface area contributed by atoms with Gasteiger partial charge in [0, 0.05) is 42.0 Å². The van der Waals surface area contributed by atoms with Crippen molar-refractivity contribution in [1.29, 1.82) is 0 Å². The number of benzene rings is 1. The molecule has 0 saturated heterocycles. The van der Waals surface area contributed by atoms with Crippen LogP contribution in [-0.2, 0) is 19.1 Å². The maximum atomic E-state index is 12.9. The van der Waals surface area contributed by atoms with Gasteiger partial charge in [-0.1, -0.05) is 64.2 Å². The zero-order chi connectivity index (χ0) is 28.9. The molecule has 210 valence electrons. The Labute approximate surface area is 235 Å². The average molecular weight is 555 g/mol. The Kier molecular flexibility index (Phi) is 13.2. The van der Waals surface area contributed by atoms with E-state index in [-0.39, 0.29) is 67.9 Å². The molecule has 0 aliphatic rings. The first kappa shape index (κ1) is 32.1. The standard InChI is InChI=1S/C30H38N2O6S/c1-19(2)27(33)12-14-37-17-25(18-38-15-13-28(34)21(5)39)32-30(36)24-10-11-26(31-16-24)22-6-8-23(9-7-22)29(35)20(3)4/h6-11,16,19-20,25H,12-15,17-18H2,1-5H3,(H,32,36). The summed E-state index contributed by atoms with van der Waals surface area (Å²) >= 11 is 4.88. The molecular weight excluding hydrogens is 516 g/mol. The highest BCUT2D eigenvalue weighted by Gasteiger charge is 2.17. The lowest BCUT2D eigenvalue weighted by atomic mass is 9.99. The van der Waals surface area contributed by atoms with Crippen LogP contribution in [0.5, 0.6) is 0 Å². The van der Waals surface area contributed by atoms with Gasteiger partial charge in [0.25, 0.3) is 5.91 Å². The van der Waals surface area contributed by atoms with E-state index in [2.05, 4.69) is 10.3 Å². The van der Waals surface area contributed by atoms with Crippen molar-refractivity contribution in [1.82, 2.24) is 10.3 Å². The molecular formula is C30H38N2O6S. The van der Waals surface area contributed by atoms with Crippen molar-refractivity contribution in [3.8, 4) is 11.3 Å². The van der Waals surface area contributed by atoms with Crippen LogP contribution in [0.2, 0.25) is 0 Å². The third-order valence-corrected chi connectivity index (χ3v) is 6.22. The van der Waals surface area contributed by atoms with E-state index >= 15 is 0 Å². The van der Waals surface area contributed by atoms with Gasteiger partial charge in [-0.15, -0.1) is 0 Å². The second-order valence-electron chi connectivity index (χ2n) is 9.95. The molecule has 1 aromatic heterocycles. The number of rotatable bonds is 17. The van der Waals surface area contributed by atoms with Gasteiger partial charge in [-0.05, 0) is 19.1 Å². The first-order chi connectivity index (χ1) is 18.5. The maximum absolute atomic E-state index is 12.9. The molecule has 0 aliphatic heterocycles. The second-order valence-corrected chi connectivity index (χ2v) is 10.6. The first-order valence-corrected chi connectivity index (χ1v) is 13.5. The summed E-state index contributed by atoms with van der Waals surface area (Å²) in [6, 6.07) is 10.1.